The van der Waals surface area contributed by atoms with E-state index in [0.29, 0.717) is 5.57 Å². The van der Waals surface area contributed by atoms with Gasteiger partial charge in [0.05, 0.1) is 7.11 Å². The number of esters is 1. The molecule has 0 amide bonds. The Bertz CT molecular complexity index is 484. The number of thiocarbonyl (C=S) groups is 1. The number of ether oxygens (including phenoxy) is 2. The molecule has 0 atom stereocenters. The van der Waals surface area contributed by atoms with Crippen LogP contribution in [0.25, 0.3) is 5.57 Å². The highest BCUT2D eigenvalue weighted by atomic mass is 32.1. The summed E-state index contributed by atoms with van der Waals surface area (Å²) in [5, 5.41) is 0.261. The Morgan fingerprint density at radius 3 is 2.26 bits per heavy atom. The fraction of sp³-hybridized carbons (Fsp3) is 0.333. The number of hydrogen-bond acceptors (Lipinski definition) is 4. The molecular formula is C15H18O3S. The van der Waals surface area contributed by atoms with Gasteiger partial charge in [-0.3, -0.25) is 0 Å². The SMILES string of the molecule is COC(=S)C(=CC(=O)OC(C)(C)C)c1ccccc1. The Balaban J connectivity index is 3.05. The number of rotatable bonds is 3. The lowest BCUT2D eigenvalue weighted by atomic mass is 10.1. The normalized spacial score (nSPS) is 11.9. The van der Waals surface area contributed by atoms with Crippen LogP contribution in [0.3, 0.4) is 0 Å². The van der Waals surface area contributed by atoms with Gasteiger partial charge < -0.3 is 9.47 Å². The summed E-state index contributed by atoms with van der Waals surface area (Å²) in [7, 11) is 1.48. The molecule has 1 aromatic rings. The van der Waals surface area contributed by atoms with Crippen molar-refractivity contribution in [3.8, 4) is 0 Å². The maximum absolute atomic E-state index is 11.8. The Hall–Kier alpha value is -1.68. The molecule has 0 aromatic heterocycles. The summed E-state index contributed by atoms with van der Waals surface area (Å²) in [6, 6.07) is 9.36. The van der Waals surface area contributed by atoms with Gasteiger partial charge in [-0.05, 0) is 38.6 Å². The molecule has 0 radical (unpaired) electrons. The molecule has 4 heteroatoms. The molecule has 102 valence electrons. The van der Waals surface area contributed by atoms with E-state index in [0.717, 1.165) is 5.56 Å². The Morgan fingerprint density at radius 1 is 1.21 bits per heavy atom. The molecule has 0 saturated carbocycles. The van der Waals surface area contributed by atoms with Crippen molar-refractivity contribution in [3.63, 3.8) is 0 Å². The number of carbonyl (C=O) groups excluding carboxylic acids is 1. The van der Waals surface area contributed by atoms with Crippen LogP contribution in [0.2, 0.25) is 0 Å². The van der Waals surface area contributed by atoms with Gasteiger partial charge in [0.15, 0.2) is 5.05 Å². The van der Waals surface area contributed by atoms with Crippen LogP contribution in [0.5, 0.6) is 0 Å². The zero-order valence-corrected chi connectivity index (χ0v) is 12.4. The minimum absolute atomic E-state index is 0.261. The molecule has 0 aliphatic rings. The van der Waals surface area contributed by atoms with Crippen LogP contribution < -0.4 is 0 Å². The second kappa shape index (κ2) is 6.48. The standard InChI is InChI=1S/C15H18O3S/c1-15(2,3)18-13(16)10-12(14(19)17-4)11-8-6-5-7-9-11/h5-10H,1-4H3. The van der Waals surface area contributed by atoms with Crippen molar-refractivity contribution < 1.29 is 14.3 Å². The number of hydrogen-bond donors (Lipinski definition) is 0. The lowest BCUT2D eigenvalue weighted by Crippen LogP contribution is -2.23. The second-order valence-electron chi connectivity index (χ2n) is 4.95. The first kappa shape index (κ1) is 15.4. The van der Waals surface area contributed by atoms with E-state index < -0.39 is 11.6 Å². The van der Waals surface area contributed by atoms with Crippen molar-refractivity contribution in [1.82, 2.24) is 0 Å². The molecule has 19 heavy (non-hydrogen) atoms. The first-order valence-corrected chi connectivity index (χ1v) is 6.33. The van der Waals surface area contributed by atoms with Gasteiger partial charge in [-0.2, -0.15) is 0 Å². The van der Waals surface area contributed by atoms with E-state index in [4.69, 9.17) is 21.7 Å². The lowest BCUT2D eigenvalue weighted by molar-refractivity contribution is -0.148. The van der Waals surface area contributed by atoms with E-state index in [1.807, 2.05) is 51.1 Å². The van der Waals surface area contributed by atoms with Crippen LogP contribution in [-0.2, 0) is 14.3 Å². The Labute approximate surface area is 119 Å². The molecule has 1 rings (SSSR count). The van der Waals surface area contributed by atoms with Gasteiger partial charge in [-0.15, -0.1) is 0 Å². The van der Waals surface area contributed by atoms with Crippen molar-refractivity contribution in [3.05, 3.63) is 42.0 Å². The summed E-state index contributed by atoms with van der Waals surface area (Å²) in [4.78, 5) is 11.8. The van der Waals surface area contributed by atoms with Gasteiger partial charge in [-0.25, -0.2) is 4.79 Å². The average Bonchev–Trinajstić information content (AvgIpc) is 2.34. The van der Waals surface area contributed by atoms with Gasteiger partial charge in [0.25, 0.3) is 0 Å². The van der Waals surface area contributed by atoms with E-state index in [1.54, 1.807) is 0 Å². The molecule has 0 heterocycles. The first-order chi connectivity index (χ1) is 8.83. The number of benzene rings is 1. The third-order valence-corrected chi connectivity index (χ3v) is 2.55. The van der Waals surface area contributed by atoms with Gasteiger partial charge in [0.2, 0.25) is 0 Å². The predicted octanol–water partition coefficient (Wildman–Crippen LogP) is 3.39. The summed E-state index contributed by atoms with van der Waals surface area (Å²) in [5.74, 6) is -0.439. The predicted molar refractivity (Wildman–Crippen MR) is 79.9 cm³/mol. The largest absolute Gasteiger partial charge is 0.486 e. The molecule has 1 aromatic carbocycles. The highest BCUT2D eigenvalue weighted by Crippen LogP contribution is 2.18. The van der Waals surface area contributed by atoms with E-state index >= 15 is 0 Å². The van der Waals surface area contributed by atoms with E-state index in [1.165, 1.54) is 13.2 Å². The summed E-state index contributed by atoms with van der Waals surface area (Å²) in [5.41, 5.74) is 0.830. The molecule has 0 aliphatic heterocycles. The number of carbonyl (C=O) groups is 1. The highest BCUT2D eigenvalue weighted by Gasteiger charge is 2.17. The van der Waals surface area contributed by atoms with Crippen molar-refractivity contribution in [1.29, 1.82) is 0 Å². The van der Waals surface area contributed by atoms with Crippen LogP contribution >= 0.6 is 12.2 Å². The molecule has 0 unspecified atom stereocenters. The molecule has 0 N–H and O–H groups in total. The highest BCUT2D eigenvalue weighted by molar-refractivity contribution is 7.81. The maximum atomic E-state index is 11.8. The van der Waals surface area contributed by atoms with Crippen molar-refractivity contribution >= 4 is 28.8 Å². The lowest BCUT2D eigenvalue weighted by Gasteiger charge is -2.18. The van der Waals surface area contributed by atoms with E-state index in [-0.39, 0.29) is 5.05 Å². The van der Waals surface area contributed by atoms with Crippen LogP contribution in [0.15, 0.2) is 36.4 Å². The third-order valence-electron chi connectivity index (χ3n) is 2.16. The van der Waals surface area contributed by atoms with Crippen molar-refractivity contribution in [2.75, 3.05) is 7.11 Å². The fourth-order valence-corrected chi connectivity index (χ4v) is 1.61. The molecule has 0 spiro atoms. The van der Waals surface area contributed by atoms with Crippen LogP contribution in [-0.4, -0.2) is 23.7 Å². The number of methoxy groups -OCH3 is 1. The van der Waals surface area contributed by atoms with Crippen LogP contribution in [0, 0.1) is 0 Å². The molecule has 3 nitrogen and oxygen atoms in total. The third kappa shape index (κ3) is 5.22. The maximum Gasteiger partial charge on any atom is 0.332 e. The minimum atomic E-state index is -0.538. The molecular weight excluding hydrogens is 260 g/mol. The zero-order chi connectivity index (χ0) is 14.5. The van der Waals surface area contributed by atoms with Crippen LogP contribution in [0.4, 0.5) is 0 Å². The zero-order valence-electron chi connectivity index (χ0n) is 11.6. The smallest absolute Gasteiger partial charge is 0.332 e. The summed E-state index contributed by atoms with van der Waals surface area (Å²) in [6.45, 7) is 5.45. The summed E-state index contributed by atoms with van der Waals surface area (Å²) in [6.07, 6.45) is 1.37. The van der Waals surface area contributed by atoms with Crippen molar-refractivity contribution in [2.45, 2.75) is 26.4 Å². The van der Waals surface area contributed by atoms with Gasteiger partial charge >= 0.3 is 5.97 Å². The van der Waals surface area contributed by atoms with Gasteiger partial charge in [0, 0.05) is 11.6 Å². The second-order valence-corrected chi connectivity index (χ2v) is 5.32. The minimum Gasteiger partial charge on any atom is -0.486 e. The van der Waals surface area contributed by atoms with E-state index in [9.17, 15) is 4.79 Å². The monoisotopic (exact) mass is 278 g/mol. The molecule has 0 aliphatic carbocycles. The van der Waals surface area contributed by atoms with Crippen LogP contribution in [0.1, 0.15) is 26.3 Å². The fourth-order valence-electron chi connectivity index (χ4n) is 1.44. The molecule has 0 bridgehead atoms. The van der Waals surface area contributed by atoms with Gasteiger partial charge in [-0.1, -0.05) is 30.3 Å². The van der Waals surface area contributed by atoms with Gasteiger partial charge in [0.1, 0.15) is 5.60 Å². The summed E-state index contributed by atoms with van der Waals surface area (Å²) < 4.78 is 10.3. The topological polar surface area (TPSA) is 35.5 Å². The molecule has 0 saturated heterocycles. The Morgan fingerprint density at radius 2 is 1.79 bits per heavy atom. The Kier molecular flexibility index (Phi) is 5.24. The molecule has 0 fully saturated rings. The average molecular weight is 278 g/mol. The van der Waals surface area contributed by atoms with E-state index in [2.05, 4.69) is 0 Å². The quantitative estimate of drug-likeness (QED) is 0.482. The summed E-state index contributed by atoms with van der Waals surface area (Å²) >= 11 is 5.12. The first-order valence-electron chi connectivity index (χ1n) is 5.92. The van der Waals surface area contributed by atoms with Crippen molar-refractivity contribution in [2.24, 2.45) is 0 Å².